The van der Waals surface area contributed by atoms with Gasteiger partial charge in [0.1, 0.15) is 5.69 Å². The van der Waals surface area contributed by atoms with Crippen LogP contribution in [0.4, 0.5) is 0 Å². The molecule has 0 unspecified atom stereocenters. The molecule has 5 nitrogen and oxygen atoms in total. The van der Waals surface area contributed by atoms with Crippen molar-refractivity contribution >= 4 is 11.8 Å². The maximum absolute atomic E-state index is 5.34. The highest BCUT2D eigenvalue weighted by Crippen LogP contribution is 2.17. The van der Waals surface area contributed by atoms with Crippen molar-refractivity contribution in [1.29, 1.82) is 0 Å². The normalized spacial score (nSPS) is 16.0. The molecule has 3 rings (SSSR count). The van der Waals surface area contributed by atoms with Crippen LogP contribution in [0.3, 0.4) is 0 Å². The van der Waals surface area contributed by atoms with Gasteiger partial charge in [0.15, 0.2) is 0 Å². The molecule has 0 spiro atoms. The van der Waals surface area contributed by atoms with Gasteiger partial charge in [0.25, 0.3) is 0 Å². The van der Waals surface area contributed by atoms with E-state index in [1.54, 1.807) is 18.0 Å². The molecule has 0 N–H and O–H groups in total. The van der Waals surface area contributed by atoms with Crippen LogP contribution in [0.25, 0.3) is 11.3 Å². The highest BCUT2D eigenvalue weighted by molar-refractivity contribution is 7.99. The van der Waals surface area contributed by atoms with Crippen molar-refractivity contribution in [2.75, 3.05) is 38.6 Å². The molecule has 2 heterocycles. The maximum atomic E-state index is 5.34. The summed E-state index contributed by atoms with van der Waals surface area (Å²) >= 11 is 1.65. The summed E-state index contributed by atoms with van der Waals surface area (Å²) in [6.45, 7) is 4.76. The van der Waals surface area contributed by atoms with E-state index >= 15 is 0 Å². The fourth-order valence-electron chi connectivity index (χ4n) is 2.16. The standard InChI is InChI=1S/C15H18N4OS/c1-2-4-13(5-3-1)14-12-16-15(18-17-14)21-11-8-19-6-9-20-10-7-19/h1-5,12H,6-11H2. The summed E-state index contributed by atoms with van der Waals surface area (Å²) in [7, 11) is 0. The highest BCUT2D eigenvalue weighted by Gasteiger charge is 2.10. The first-order valence-corrected chi connectivity index (χ1v) is 8.08. The summed E-state index contributed by atoms with van der Waals surface area (Å²) < 4.78 is 5.34. The molecule has 1 aliphatic rings. The van der Waals surface area contributed by atoms with Crippen molar-refractivity contribution in [2.45, 2.75) is 5.16 Å². The van der Waals surface area contributed by atoms with Gasteiger partial charge in [0, 0.05) is 31.0 Å². The number of benzene rings is 1. The van der Waals surface area contributed by atoms with Gasteiger partial charge in [-0.1, -0.05) is 42.1 Å². The lowest BCUT2D eigenvalue weighted by Gasteiger charge is -2.26. The molecule has 6 heteroatoms. The van der Waals surface area contributed by atoms with Gasteiger partial charge in [0.05, 0.1) is 19.4 Å². The van der Waals surface area contributed by atoms with Gasteiger partial charge in [-0.25, -0.2) is 4.98 Å². The van der Waals surface area contributed by atoms with Crippen LogP contribution in [0.2, 0.25) is 0 Å². The largest absolute Gasteiger partial charge is 0.379 e. The summed E-state index contributed by atoms with van der Waals surface area (Å²) in [5, 5.41) is 9.18. The molecular weight excluding hydrogens is 284 g/mol. The van der Waals surface area contributed by atoms with Gasteiger partial charge in [-0.05, 0) is 0 Å². The number of aromatic nitrogens is 3. The Labute approximate surface area is 128 Å². The minimum atomic E-state index is 0.739. The van der Waals surface area contributed by atoms with E-state index in [1.165, 1.54) is 0 Å². The predicted molar refractivity (Wildman–Crippen MR) is 83.2 cm³/mol. The Kier molecular flexibility index (Phi) is 5.15. The Hall–Kier alpha value is -1.50. The molecule has 1 fully saturated rings. The Morgan fingerprint density at radius 1 is 1.10 bits per heavy atom. The number of hydrogen-bond donors (Lipinski definition) is 0. The lowest BCUT2D eigenvalue weighted by Crippen LogP contribution is -2.37. The molecule has 0 bridgehead atoms. The second-order valence-corrected chi connectivity index (χ2v) is 5.86. The summed E-state index contributed by atoms with van der Waals surface area (Å²) in [6.07, 6.45) is 1.79. The van der Waals surface area contributed by atoms with E-state index in [2.05, 4.69) is 20.1 Å². The number of hydrogen-bond acceptors (Lipinski definition) is 6. The van der Waals surface area contributed by atoms with Crippen molar-refractivity contribution in [3.63, 3.8) is 0 Å². The van der Waals surface area contributed by atoms with Crippen molar-refractivity contribution in [2.24, 2.45) is 0 Å². The SMILES string of the molecule is c1ccc(-c2cnc(SCCN3CCOCC3)nn2)cc1. The quantitative estimate of drug-likeness (QED) is 0.787. The summed E-state index contributed by atoms with van der Waals surface area (Å²) in [5.41, 5.74) is 1.86. The van der Waals surface area contributed by atoms with Crippen LogP contribution in [0.1, 0.15) is 0 Å². The summed E-state index contributed by atoms with van der Waals surface area (Å²) in [6, 6.07) is 9.98. The molecule has 0 amide bonds. The molecule has 1 aromatic heterocycles. The molecule has 1 saturated heterocycles. The van der Waals surface area contributed by atoms with Crippen molar-refractivity contribution in [3.05, 3.63) is 36.5 Å². The summed E-state index contributed by atoms with van der Waals surface area (Å²) in [5.74, 6) is 0.979. The predicted octanol–water partition coefficient (Wildman–Crippen LogP) is 1.96. The molecular formula is C15H18N4OS. The zero-order chi connectivity index (χ0) is 14.3. The van der Waals surface area contributed by atoms with E-state index in [1.807, 2.05) is 30.3 Å². The molecule has 0 aliphatic carbocycles. The lowest BCUT2D eigenvalue weighted by atomic mass is 10.2. The van der Waals surface area contributed by atoms with Crippen molar-refractivity contribution in [1.82, 2.24) is 20.1 Å². The van der Waals surface area contributed by atoms with Crippen LogP contribution in [-0.2, 0) is 4.74 Å². The monoisotopic (exact) mass is 302 g/mol. The zero-order valence-electron chi connectivity index (χ0n) is 11.8. The number of rotatable bonds is 5. The molecule has 1 aromatic carbocycles. The number of ether oxygens (including phenoxy) is 1. The van der Waals surface area contributed by atoms with E-state index in [0.29, 0.717) is 0 Å². The molecule has 0 atom stereocenters. The van der Waals surface area contributed by atoms with Crippen LogP contribution < -0.4 is 0 Å². The Balaban J connectivity index is 1.50. The Bertz CT molecular complexity index is 543. The fraction of sp³-hybridized carbons (Fsp3) is 0.400. The highest BCUT2D eigenvalue weighted by atomic mass is 32.2. The van der Waals surface area contributed by atoms with Gasteiger partial charge < -0.3 is 4.74 Å². The van der Waals surface area contributed by atoms with Crippen LogP contribution in [0, 0.1) is 0 Å². The first kappa shape index (κ1) is 14.4. The smallest absolute Gasteiger partial charge is 0.209 e. The number of nitrogens with zero attached hydrogens (tertiary/aromatic N) is 4. The number of thioether (sulfide) groups is 1. The molecule has 0 radical (unpaired) electrons. The van der Waals surface area contributed by atoms with Gasteiger partial charge in [0.2, 0.25) is 5.16 Å². The van der Waals surface area contributed by atoms with E-state index < -0.39 is 0 Å². The van der Waals surface area contributed by atoms with Crippen LogP contribution in [0.5, 0.6) is 0 Å². The minimum Gasteiger partial charge on any atom is -0.379 e. The van der Waals surface area contributed by atoms with Crippen LogP contribution >= 0.6 is 11.8 Å². The van der Waals surface area contributed by atoms with Crippen LogP contribution in [-0.4, -0.2) is 58.7 Å². The first-order chi connectivity index (χ1) is 10.4. The zero-order valence-corrected chi connectivity index (χ0v) is 12.6. The topological polar surface area (TPSA) is 51.1 Å². The van der Waals surface area contributed by atoms with E-state index in [4.69, 9.17) is 4.74 Å². The second kappa shape index (κ2) is 7.49. The third-order valence-electron chi connectivity index (χ3n) is 3.35. The van der Waals surface area contributed by atoms with Crippen LogP contribution in [0.15, 0.2) is 41.7 Å². The fourth-order valence-corrected chi connectivity index (χ4v) is 2.92. The van der Waals surface area contributed by atoms with Crippen molar-refractivity contribution in [3.8, 4) is 11.3 Å². The lowest BCUT2D eigenvalue weighted by molar-refractivity contribution is 0.0410. The van der Waals surface area contributed by atoms with Gasteiger partial charge in [-0.3, -0.25) is 4.90 Å². The molecule has 0 saturated carbocycles. The molecule has 21 heavy (non-hydrogen) atoms. The average molecular weight is 302 g/mol. The molecule has 2 aromatic rings. The Morgan fingerprint density at radius 3 is 2.62 bits per heavy atom. The van der Waals surface area contributed by atoms with Crippen molar-refractivity contribution < 1.29 is 4.74 Å². The molecule has 110 valence electrons. The number of morpholine rings is 1. The van der Waals surface area contributed by atoms with E-state index in [-0.39, 0.29) is 0 Å². The Morgan fingerprint density at radius 2 is 1.90 bits per heavy atom. The maximum Gasteiger partial charge on any atom is 0.209 e. The van der Waals surface area contributed by atoms with Gasteiger partial charge >= 0.3 is 0 Å². The molecule has 1 aliphatic heterocycles. The van der Waals surface area contributed by atoms with E-state index in [0.717, 1.165) is 55.0 Å². The van der Waals surface area contributed by atoms with Gasteiger partial charge in [-0.2, -0.15) is 0 Å². The summed E-state index contributed by atoms with van der Waals surface area (Å²) in [4.78, 5) is 6.79. The first-order valence-electron chi connectivity index (χ1n) is 7.10. The third kappa shape index (κ3) is 4.23. The second-order valence-electron chi connectivity index (χ2n) is 4.79. The van der Waals surface area contributed by atoms with Gasteiger partial charge in [-0.15, -0.1) is 10.2 Å². The third-order valence-corrected chi connectivity index (χ3v) is 4.18. The van der Waals surface area contributed by atoms with E-state index in [9.17, 15) is 0 Å². The average Bonchev–Trinajstić information content (AvgIpc) is 2.57. The minimum absolute atomic E-state index is 0.739.